The van der Waals surface area contributed by atoms with Crippen LogP contribution in [0.3, 0.4) is 0 Å². The van der Waals surface area contributed by atoms with Crippen molar-refractivity contribution in [2.75, 3.05) is 7.11 Å². The predicted molar refractivity (Wildman–Crippen MR) is 233 cm³/mol. The second kappa shape index (κ2) is 19.2. The maximum absolute atomic E-state index is 14.8. The van der Waals surface area contributed by atoms with E-state index in [-0.39, 0.29) is 48.2 Å². The van der Waals surface area contributed by atoms with Crippen LogP contribution in [0.25, 0.3) is 0 Å². The van der Waals surface area contributed by atoms with Gasteiger partial charge in [0.2, 0.25) is 0 Å². The molecule has 0 unspecified atom stereocenters. The molecule has 4 heterocycles. The summed E-state index contributed by atoms with van der Waals surface area (Å²) in [6.45, 7) is 8.76. The molecule has 66 heavy (non-hydrogen) atoms. The summed E-state index contributed by atoms with van der Waals surface area (Å²) in [5.41, 5.74) is -1.68. The zero-order valence-corrected chi connectivity index (χ0v) is 38.5. The zero-order valence-electron chi connectivity index (χ0n) is 38.5. The van der Waals surface area contributed by atoms with Crippen LogP contribution in [0.1, 0.15) is 108 Å². The summed E-state index contributed by atoms with van der Waals surface area (Å²) >= 11 is 0. The number of ether oxygens (including phenoxy) is 8. The molecule has 16 nitrogen and oxygen atoms in total. The second-order valence-corrected chi connectivity index (χ2v) is 19.4. The number of aliphatic carboxylic acids is 1. The number of rotatable bonds is 8. The highest BCUT2D eigenvalue weighted by atomic mass is 16.7. The fourth-order valence-corrected chi connectivity index (χ4v) is 11.7. The van der Waals surface area contributed by atoms with Gasteiger partial charge in [-0.3, -0.25) is 4.79 Å². The van der Waals surface area contributed by atoms with Gasteiger partial charge in [0.1, 0.15) is 29.6 Å². The normalized spacial score (nSPS) is 40.9. The quantitative estimate of drug-likeness (QED) is 0.128. The van der Waals surface area contributed by atoms with Gasteiger partial charge in [-0.25, -0.2) is 14.4 Å². The molecule has 8 rings (SSSR count). The van der Waals surface area contributed by atoms with Crippen LogP contribution in [0.4, 0.5) is 0 Å². The minimum atomic E-state index is -1.62. The number of benzene rings is 1. The number of esters is 3. The van der Waals surface area contributed by atoms with Gasteiger partial charge in [0.05, 0.1) is 36.9 Å². The van der Waals surface area contributed by atoms with Crippen molar-refractivity contribution in [3.63, 3.8) is 0 Å². The lowest BCUT2D eigenvalue weighted by molar-refractivity contribution is -0.318. The molecule has 0 amide bonds. The number of carboxylic acid groups (broad SMARTS) is 1. The van der Waals surface area contributed by atoms with Crippen LogP contribution in [0.15, 0.2) is 65.7 Å². The molecule has 7 aliphatic rings. The van der Waals surface area contributed by atoms with Crippen molar-refractivity contribution in [2.45, 2.75) is 160 Å². The third kappa shape index (κ3) is 8.84. The Bertz CT molecular complexity index is 2150. The number of aliphatic hydroxyl groups excluding tert-OH is 3. The number of aryl methyl sites for hydroxylation is 1. The first-order valence-corrected chi connectivity index (χ1v) is 23.5. The van der Waals surface area contributed by atoms with Gasteiger partial charge in [-0.1, -0.05) is 62.3 Å². The summed E-state index contributed by atoms with van der Waals surface area (Å²) in [5.74, 6) is -6.23. The average molecular weight is 921 g/mol. The number of hydrogen-bond donors (Lipinski definition) is 4. The lowest BCUT2D eigenvalue weighted by Crippen LogP contribution is -2.56. The Morgan fingerprint density at radius 1 is 0.894 bits per heavy atom. The van der Waals surface area contributed by atoms with Crippen molar-refractivity contribution in [3.8, 4) is 5.75 Å². The third-order valence-corrected chi connectivity index (χ3v) is 15.3. The average Bonchev–Trinajstić information content (AvgIpc) is 3.49. The molecule has 1 spiro atoms. The smallest absolute Gasteiger partial charge is 0.379 e. The fraction of sp³-hybridized carbons (Fsp3) is 0.640. The summed E-state index contributed by atoms with van der Waals surface area (Å²) in [7, 11) is 1.46. The first kappa shape index (κ1) is 47.9. The van der Waals surface area contributed by atoms with Crippen LogP contribution in [-0.2, 0) is 47.5 Å². The molecule has 0 radical (unpaired) electrons. The summed E-state index contributed by atoms with van der Waals surface area (Å²) in [6, 6.07) is 5.20. The Kier molecular flexibility index (Phi) is 13.9. The molecule has 4 N–H and O–H groups in total. The first-order chi connectivity index (χ1) is 31.5. The Morgan fingerprint density at radius 2 is 1.65 bits per heavy atom. The minimum absolute atomic E-state index is 0.00168. The van der Waals surface area contributed by atoms with Crippen molar-refractivity contribution >= 4 is 23.9 Å². The van der Waals surface area contributed by atoms with Crippen molar-refractivity contribution in [1.82, 2.24) is 0 Å². The third-order valence-electron chi connectivity index (χ3n) is 15.3. The molecular weight excluding hydrogens is 857 g/mol. The standard InChI is InChI=1S/C50H64O16/c1-25-13-11-18-36(59-6)40(25)46(56)63-37-23-39(60-27(3)41(37)52)64-42-28(4)61-38(22-34(42)51)62-35-17-12-16-33-31(35)20-19-29-14-9-7-8-10-15-30-21-32(45(54)55)26(2)24-50(30)44(53)43(47(57)66-50)65-48(58)49(29,33)5/h10-11,13,15,18-21,26-31,33-35,37-39,41-42,51-53H,7-9,12,14,16-17,22-24H2,1-6H3,(H,54,55)/b15-10+/t26-,27-,28-,29-,30-,31+,33-,34-,35+,37-,38+,39+,41-,42-,49-,50+/m1/s1. The van der Waals surface area contributed by atoms with E-state index in [4.69, 9.17) is 37.9 Å². The van der Waals surface area contributed by atoms with Gasteiger partial charge in [0, 0.05) is 36.7 Å². The van der Waals surface area contributed by atoms with E-state index < -0.39 is 114 Å². The Hall–Kier alpha value is -4.58. The van der Waals surface area contributed by atoms with Gasteiger partial charge in [-0.2, -0.15) is 0 Å². The Morgan fingerprint density at radius 3 is 2.39 bits per heavy atom. The zero-order chi connectivity index (χ0) is 47.2. The lowest BCUT2D eigenvalue weighted by Gasteiger charge is -2.51. The fourth-order valence-electron chi connectivity index (χ4n) is 11.7. The topological polar surface area (TPSA) is 223 Å². The van der Waals surface area contributed by atoms with E-state index in [2.05, 4.69) is 12.2 Å². The van der Waals surface area contributed by atoms with Gasteiger partial charge in [0.15, 0.2) is 23.9 Å². The minimum Gasteiger partial charge on any atom is -0.505 e. The summed E-state index contributed by atoms with van der Waals surface area (Å²) < 4.78 is 48.4. The van der Waals surface area contributed by atoms with Crippen LogP contribution in [-0.4, -0.2) is 112 Å². The molecule has 2 bridgehead atoms. The van der Waals surface area contributed by atoms with E-state index in [0.717, 1.165) is 19.3 Å². The van der Waals surface area contributed by atoms with E-state index in [1.807, 2.05) is 13.0 Å². The largest absolute Gasteiger partial charge is 0.505 e. The summed E-state index contributed by atoms with van der Waals surface area (Å²) in [4.78, 5) is 53.8. The molecule has 3 aliphatic carbocycles. The van der Waals surface area contributed by atoms with Crippen molar-refractivity contribution in [3.05, 3.63) is 76.8 Å². The van der Waals surface area contributed by atoms with Crippen LogP contribution >= 0.6 is 0 Å². The number of allylic oxidation sites excluding steroid dienone is 2. The number of methoxy groups -OCH3 is 1. The van der Waals surface area contributed by atoms with Gasteiger partial charge >= 0.3 is 23.9 Å². The second-order valence-electron chi connectivity index (χ2n) is 19.4. The molecule has 2 saturated heterocycles. The SMILES string of the molecule is COc1cccc(C)c1C(=O)O[C@@H]1C[C@H](O[C@H]2[C@H](O)C[C@H](O[C@H]3CCC[C@@H]4[C@@H]3C=C[C@H]3CCCC/C=C/[C@@H]5C=C(C(=O)O)[C@H](C)C[C@]56OC(=O)C(=C6O)OC(=O)[C@@]43C)O[C@@H]2C)O[C@H](C)[C@H]1O. The van der Waals surface area contributed by atoms with E-state index in [0.29, 0.717) is 37.0 Å². The Balaban J connectivity index is 0.953. The molecular formula is C50H64O16. The van der Waals surface area contributed by atoms with Gasteiger partial charge < -0.3 is 58.3 Å². The van der Waals surface area contributed by atoms with Crippen molar-refractivity contribution < 1.29 is 77.5 Å². The summed E-state index contributed by atoms with van der Waals surface area (Å²) in [5, 5.41) is 44.2. The van der Waals surface area contributed by atoms with Crippen LogP contribution in [0.2, 0.25) is 0 Å². The Labute approximate surface area is 384 Å². The molecule has 3 fully saturated rings. The molecule has 4 aliphatic heterocycles. The van der Waals surface area contributed by atoms with Crippen LogP contribution < -0.4 is 4.74 Å². The number of carbonyl (C=O) groups excluding carboxylic acids is 3. The number of carboxylic acids is 1. The molecule has 16 atom stereocenters. The number of fused-ring (bicyclic) bond motifs is 3. The van der Waals surface area contributed by atoms with Crippen LogP contribution in [0.5, 0.6) is 5.75 Å². The highest BCUT2D eigenvalue weighted by Crippen LogP contribution is 2.55. The highest BCUT2D eigenvalue weighted by molar-refractivity contribution is 5.95. The van der Waals surface area contributed by atoms with Gasteiger partial charge in [0.25, 0.3) is 5.76 Å². The monoisotopic (exact) mass is 920 g/mol. The van der Waals surface area contributed by atoms with E-state index in [9.17, 15) is 39.6 Å². The highest BCUT2D eigenvalue weighted by Gasteiger charge is 2.60. The maximum Gasteiger partial charge on any atom is 0.379 e. The van der Waals surface area contributed by atoms with E-state index in [1.54, 1.807) is 52.0 Å². The molecule has 0 aromatic heterocycles. The lowest BCUT2D eigenvalue weighted by atomic mass is 9.55. The van der Waals surface area contributed by atoms with E-state index in [1.165, 1.54) is 13.2 Å². The molecule has 1 aromatic carbocycles. The van der Waals surface area contributed by atoms with E-state index >= 15 is 0 Å². The number of aliphatic hydroxyl groups is 3. The number of hydrogen-bond acceptors (Lipinski definition) is 15. The predicted octanol–water partition coefficient (Wildman–Crippen LogP) is 6.31. The molecule has 1 aromatic rings. The van der Waals surface area contributed by atoms with Crippen molar-refractivity contribution in [1.29, 1.82) is 0 Å². The molecule has 16 heteroatoms. The van der Waals surface area contributed by atoms with Gasteiger partial charge in [-0.05, 0) is 89.2 Å². The molecule has 360 valence electrons. The molecule has 1 saturated carbocycles. The van der Waals surface area contributed by atoms with Gasteiger partial charge in [-0.15, -0.1) is 0 Å². The van der Waals surface area contributed by atoms with Crippen molar-refractivity contribution in [2.24, 2.45) is 35.0 Å². The summed E-state index contributed by atoms with van der Waals surface area (Å²) in [6.07, 6.45) is 6.86. The first-order valence-electron chi connectivity index (χ1n) is 23.5. The van der Waals surface area contributed by atoms with Crippen LogP contribution in [0, 0.1) is 41.9 Å². The number of carbonyl (C=O) groups is 4. The maximum atomic E-state index is 14.8.